The van der Waals surface area contributed by atoms with Crippen molar-refractivity contribution < 1.29 is 9.53 Å². The Morgan fingerprint density at radius 1 is 1.33 bits per heavy atom. The van der Waals surface area contributed by atoms with Crippen LogP contribution < -0.4 is 4.90 Å². The fourth-order valence-electron chi connectivity index (χ4n) is 3.09. The minimum Gasteiger partial charge on any atom is -0.379 e. The highest BCUT2D eigenvalue weighted by atomic mass is 35.5. The van der Waals surface area contributed by atoms with Crippen molar-refractivity contribution in [1.29, 1.82) is 0 Å². The Morgan fingerprint density at radius 3 is 2.89 bits per heavy atom. The lowest BCUT2D eigenvalue weighted by Gasteiger charge is -2.29. The van der Waals surface area contributed by atoms with Crippen LogP contribution >= 0.6 is 34.3 Å². The molecule has 1 aliphatic heterocycles. The maximum absolute atomic E-state index is 13.1. The molecule has 27 heavy (non-hydrogen) atoms. The number of nitrogens with zero attached hydrogens (tertiary/aromatic N) is 3. The summed E-state index contributed by atoms with van der Waals surface area (Å²) in [6, 6.07) is 7.63. The van der Waals surface area contributed by atoms with E-state index in [0.29, 0.717) is 11.6 Å². The molecule has 1 aliphatic rings. The van der Waals surface area contributed by atoms with Gasteiger partial charge in [-0.15, -0.1) is 11.3 Å². The molecule has 0 spiro atoms. The summed E-state index contributed by atoms with van der Waals surface area (Å²) in [5.74, 6) is 0.000987. The van der Waals surface area contributed by atoms with Gasteiger partial charge in [0.2, 0.25) is 0 Å². The predicted octanol–water partition coefficient (Wildman–Crippen LogP) is 4.30. The van der Waals surface area contributed by atoms with E-state index < -0.39 is 0 Å². The molecule has 1 saturated heterocycles. The largest absolute Gasteiger partial charge is 0.379 e. The highest BCUT2D eigenvalue weighted by molar-refractivity contribution is 7.22. The van der Waals surface area contributed by atoms with Crippen LogP contribution in [0.1, 0.15) is 15.2 Å². The summed E-state index contributed by atoms with van der Waals surface area (Å²) in [6.07, 6.45) is 0. The number of hydrogen-bond donors (Lipinski definition) is 0. The van der Waals surface area contributed by atoms with Crippen LogP contribution in [0.4, 0.5) is 5.13 Å². The topological polar surface area (TPSA) is 45.7 Å². The van der Waals surface area contributed by atoms with Gasteiger partial charge in [-0.05, 0) is 36.1 Å². The summed E-state index contributed by atoms with van der Waals surface area (Å²) in [7, 11) is 0. The van der Waals surface area contributed by atoms with E-state index in [-0.39, 0.29) is 5.91 Å². The van der Waals surface area contributed by atoms with Gasteiger partial charge in [-0.3, -0.25) is 14.6 Å². The number of halogens is 1. The van der Waals surface area contributed by atoms with E-state index in [4.69, 9.17) is 21.3 Å². The van der Waals surface area contributed by atoms with Crippen molar-refractivity contribution in [3.8, 4) is 0 Å². The Hall–Kier alpha value is -1.51. The first-order chi connectivity index (χ1) is 13.1. The molecule has 8 heteroatoms. The molecule has 2 aromatic heterocycles. The molecular weight excluding hydrogens is 402 g/mol. The van der Waals surface area contributed by atoms with Gasteiger partial charge in [0.05, 0.1) is 28.3 Å². The Kier molecular flexibility index (Phi) is 5.75. The Morgan fingerprint density at radius 2 is 2.15 bits per heavy atom. The minimum absolute atomic E-state index is 0.000987. The summed E-state index contributed by atoms with van der Waals surface area (Å²) >= 11 is 9.25. The van der Waals surface area contributed by atoms with Gasteiger partial charge in [0, 0.05) is 31.2 Å². The van der Waals surface area contributed by atoms with Crippen molar-refractivity contribution in [3.05, 3.63) is 45.1 Å². The van der Waals surface area contributed by atoms with Gasteiger partial charge >= 0.3 is 0 Å². The average molecular weight is 422 g/mol. The van der Waals surface area contributed by atoms with Gasteiger partial charge in [0.25, 0.3) is 5.91 Å². The molecule has 4 rings (SSSR count). The monoisotopic (exact) mass is 421 g/mol. The van der Waals surface area contributed by atoms with Crippen LogP contribution in [0.3, 0.4) is 0 Å². The number of carbonyl (C=O) groups is 1. The molecule has 1 aromatic carbocycles. The van der Waals surface area contributed by atoms with Gasteiger partial charge in [-0.1, -0.05) is 29.0 Å². The quantitative estimate of drug-likeness (QED) is 0.616. The number of carbonyl (C=O) groups excluding carboxylic acids is 1. The van der Waals surface area contributed by atoms with E-state index in [1.54, 1.807) is 4.90 Å². The van der Waals surface area contributed by atoms with Gasteiger partial charge < -0.3 is 4.74 Å². The van der Waals surface area contributed by atoms with E-state index >= 15 is 0 Å². The number of fused-ring (bicyclic) bond motifs is 1. The van der Waals surface area contributed by atoms with Crippen molar-refractivity contribution in [2.24, 2.45) is 0 Å². The summed E-state index contributed by atoms with van der Waals surface area (Å²) < 4.78 is 6.46. The lowest BCUT2D eigenvalue weighted by molar-refractivity contribution is 0.0391. The van der Waals surface area contributed by atoms with Crippen LogP contribution in [0.15, 0.2) is 29.6 Å². The number of morpholine rings is 1. The number of aryl methyl sites for hydroxylation is 1. The number of thiazole rings is 1. The third-order valence-corrected chi connectivity index (χ3v) is 7.00. The lowest BCUT2D eigenvalue weighted by atomic mass is 10.2. The minimum atomic E-state index is 0.000987. The molecule has 1 fully saturated rings. The van der Waals surface area contributed by atoms with E-state index in [9.17, 15) is 4.79 Å². The normalized spacial score (nSPS) is 15.3. The van der Waals surface area contributed by atoms with Gasteiger partial charge in [-0.25, -0.2) is 4.98 Å². The molecule has 5 nitrogen and oxygen atoms in total. The van der Waals surface area contributed by atoms with Gasteiger partial charge in [-0.2, -0.15) is 0 Å². The van der Waals surface area contributed by atoms with Crippen molar-refractivity contribution in [3.63, 3.8) is 0 Å². The number of anilines is 1. The van der Waals surface area contributed by atoms with Gasteiger partial charge in [0.15, 0.2) is 5.13 Å². The fraction of sp³-hybridized carbons (Fsp3) is 0.368. The first kappa shape index (κ1) is 18.8. The number of benzene rings is 1. The first-order valence-electron chi connectivity index (χ1n) is 8.84. The molecule has 0 bridgehead atoms. The molecule has 0 atom stereocenters. The highest BCUT2D eigenvalue weighted by Gasteiger charge is 2.24. The maximum Gasteiger partial charge on any atom is 0.270 e. The summed E-state index contributed by atoms with van der Waals surface area (Å²) in [5.41, 5.74) is 1.83. The molecule has 0 N–H and O–H groups in total. The van der Waals surface area contributed by atoms with Crippen molar-refractivity contribution >= 4 is 55.5 Å². The standard InChI is InChI=1S/C19H20ClN3O2S2/c1-13-14(20)4-5-15-17(13)21-19(27-15)23(18(24)16-3-2-12-26-16)7-6-22-8-10-25-11-9-22/h2-5,12H,6-11H2,1H3. The van der Waals surface area contributed by atoms with E-state index in [0.717, 1.165) is 58.6 Å². The van der Waals surface area contributed by atoms with Crippen LogP contribution in [0.2, 0.25) is 5.02 Å². The second-order valence-corrected chi connectivity index (χ2v) is 8.77. The van der Waals surface area contributed by atoms with Crippen LogP contribution in [0.5, 0.6) is 0 Å². The maximum atomic E-state index is 13.1. The van der Waals surface area contributed by atoms with Crippen LogP contribution in [-0.2, 0) is 4.74 Å². The van der Waals surface area contributed by atoms with Crippen molar-refractivity contribution in [2.45, 2.75) is 6.92 Å². The third kappa shape index (κ3) is 4.02. The Labute approximate surface area is 171 Å². The lowest BCUT2D eigenvalue weighted by Crippen LogP contribution is -2.43. The SMILES string of the molecule is Cc1c(Cl)ccc2sc(N(CCN3CCOCC3)C(=O)c3cccs3)nc12. The molecule has 0 aliphatic carbocycles. The van der Waals surface area contributed by atoms with Crippen molar-refractivity contribution in [1.82, 2.24) is 9.88 Å². The second kappa shape index (κ2) is 8.24. The highest BCUT2D eigenvalue weighted by Crippen LogP contribution is 2.34. The van der Waals surface area contributed by atoms with Crippen molar-refractivity contribution in [2.75, 3.05) is 44.3 Å². The fourth-order valence-corrected chi connectivity index (χ4v) is 4.96. The average Bonchev–Trinajstić information content (AvgIpc) is 3.36. The zero-order chi connectivity index (χ0) is 18.8. The zero-order valence-electron chi connectivity index (χ0n) is 15.0. The number of hydrogen-bond acceptors (Lipinski definition) is 6. The molecule has 0 saturated carbocycles. The molecule has 142 valence electrons. The van der Waals surface area contributed by atoms with Crippen LogP contribution in [-0.4, -0.2) is 55.2 Å². The van der Waals surface area contributed by atoms with E-state index in [2.05, 4.69) is 4.90 Å². The Balaban J connectivity index is 1.64. The molecule has 0 unspecified atom stereocenters. The van der Waals surface area contributed by atoms with Crippen LogP contribution in [0, 0.1) is 6.92 Å². The number of thiophene rings is 1. The number of amides is 1. The third-order valence-electron chi connectivity index (χ3n) is 4.69. The van der Waals surface area contributed by atoms with E-state index in [1.165, 1.54) is 22.7 Å². The summed E-state index contributed by atoms with van der Waals surface area (Å²) in [6.45, 7) is 6.66. The molecule has 1 amide bonds. The zero-order valence-corrected chi connectivity index (χ0v) is 17.4. The van der Waals surface area contributed by atoms with Crippen LogP contribution in [0.25, 0.3) is 10.2 Å². The molecule has 3 aromatic rings. The first-order valence-corrected chi connectivity index (χ1v) is 10.9. The molecule has 3 heterocycles. The number of aromatic nitrogens is 1. The number of rotatable bonds is 5. The Bertz CT molecular complexity index is 936. The predicted molar refractivity (Wildman–Crippen MR) is 113 cm³/mol. The smallest absolute Gasteiger partial charge is 0.270 e. The molecule has 0 radical (unpaired) electrons. The van der Waals surface area contributed by atoms with E-state index in [1.807, 2.05) is 36.6 Å². The summed E-state index contributed by atoms with van der Waals surface area (Å²) in [4.78, 5) is 22.8. The summed E-state index contributed by atoms with van der Waals surface area (Å²) in [5, 5.41) is 3.35. The number of ether oxygens (including phenoxy) is 1. The second-order valence-electron chi connectivity index (χ2n) is 6.40. The molecular formula is C19H20ClN3O2S2. The van der Waals surface area contributed by atoms with Gasteiger partial charge in [0.1, 0.15) is 0 Å².